The predicted molar refractivity (Wildman–Crippen MR) is 153 cm³/mol. The number of hydrogen-bond acceptors (Lipinski definition) is 9. The molecule has 4 rings (SSSR count). The van der Waals surface area contributed by atoms with Crippen LogP contribution in [0, 0.1) is 46.3 Å². The van der Waals surface area contributed by atoms with Gasteiger partial charge in [-0.05, 0) is 49.7 Å². The van der Waals surface area contributed by atoms with Crippen molar-refractivity contribution in [2.75, 3.05) is 6.61 Å². The molecule has 0 aromatic carbocycles. The Balaban J connectivity index is 1.85. The van der Waals surface area contributed by atoms with Crippen molar-refractivity contribution < 1.29 is 43.3 Å². The summed E-state index contributed by atoms with van der Waals surface area (Å²) < 4.78 is 17.6. The van der Waals surface area contributed by atoms with Crippen LogP contribution >= 0.6 is 0 Å². The molecule has 232 valence electrons. The van der Waals surface area contributed by atoms with Crippen LogP contribution in [0.2, 0.25) is 0 Å². The summed E-state index contributed by atoms with van der Waals surface area (Å²) in [7, 11) is 0. The summed E-state index contributed by atoms with van der Waals surface area (Å²) in [6, 6.07) is 0. The number of carbonyl (C=O) groups excluding carboxylic acids is 5. The highest BCUT2D eigenvalue weighted by Gasteiger charge is 2.75. The van der Waals surface area contributed by atoms with Crippen molar-refractivity contribution in [3.63, 3.8) is 0 Å². The van der Waals surface area contributed by atoms with Crippen LogP contribution in [0.1, 0.15) is 81.1 Å². The van der Waals surface area contributed by atoms with Crippen molar-refractivity contribution in [3.8, 4) is 0 Å². The summed E-state index contributed by atoms with van der Waals surface area (Å²) >= 11 is 0. The van der Waals surface area contributed by atoms with Crippen molar-refractivity contribution in [2.45, 2.75) is 98.9 Å². The third-order valence-electron chi connectivity index (χ3n) is 10.3. The van der Waals surface area contributed by atoms with Crippen molar-refractivity contribution in [1.82, 2.24) is 0 Å². The molecule has 0 spiro atoms. The number of Topliss-reactive ketones (excluding diaryl/α,β-unsaturated/α-hetero) is 1. The molecular formula is C33H46O9. The van der Waals surface area contributed by atoms with Gasteiger partial charge in [0.1, 0.15) is 6.10 Å². The minimum atomic E-state index is -1.97. The molecule has 9 nitrogen and oxygen atoms in total. The van der Waals surface area contributed by atoms with Gasteiger partial charge in [0.15, 0.2) is 12.4 Å². The Bertz CT molecular complexity index is 1210. The Kier molecular flexibility index (Phi) is 8.68. The molecule has 0 unspecified atom stereocenters. The van der Waals surface area contributed by atoms with E-state index in [1.165, 1.54) is 0 Å². The molecule has 0 heterocycles. The molecule has 0 aromatic rings. The van der Waals surface area contributed by atoms with E-state index in [4.69, 9.17) is 14.2 Å². The quantitative estimate of drug-likeness (QED) is 0.329. The van der Waals surface area contributed by atoms with Gasteiger partial charge < -0.3 is 19.3 Å². The van der Waals surface area contributed by atoms with E-state index in [9.17, 15) is 29.1 Å². The Labute approximate surface area is 248 Å². The van der Waals surface area contributed by atoms with Crippen molar-refractivity contribution in [1.29, 1.82) is 0 Å². The van der Waals surface area contributed by atoms with E-state index >= 15 is 0 Å². The number of ether oxygens (including phenoxy) is 3. The molecule has 0 aliphatic heterocycles. The number of rotatable bonds is 8. The lowest BCUT2D eigenvalue weighted by Gasteiger charge is -2.59. The fourth-order valence-electron chi connectivity index (χ4n) is 8.13. The summed E-state index contributed by atoms with van der Waals surface area (Å²) in [6.07, 6.45) is 4.70. The van der Waals surface area contributed by atoms with E-state index in [2.05, 4.69) is 0 Å². The van der Waals surface area contributed by atoms with Crippen LogP contribution in [0.3, 0.4) is 0 Å². The summed E-state index contributed by atoms with van der Waals surface area (Å²) in [4.78, 5) is 65.4. The van der Waals surface area contributed by atoms with E-state index in [0.717, 1.165) is 5.57 Å². The second-order valence-electron chi connectivity index (χ2n) is 14.0. The molecular weight excluding hydrogens is 540 g/mol. The number of aliphatic hydroxyl groups is 1. The van der Waals surface area contributed by atoms with Crippen LogP contribution in [0.15, 0.2) is 23.8 Å². The molecule has 1 N–H and O–H groups in total. The van der Waals surface area contributed by atoms with Gasteiger partial charge in [-0.15, -0.1) is 0 Å². The standard InChI is InChI=1S/C33H46O9/c1-17(2)28(37)40-16-25(36)33(42-30(39)19(5)6)26(41-29(38)18(3)4)14-23-22-10-9-20-13-21(34)11-12-31(20,7)27(22)24(35)15-32(23,33)8/h11-13,17-19,22-24,26-27,35H,9-10,14-16H2,1-8H3/t22-,23-,24-,26+,27+,31-,32-,33+/m0/s1. The average Bonchev–Trinajstić information content (AvgIpc) is 3.14. The van der Waals surface area contributed by atoms with Gasteiger partial charge in [0, 0.05) is 16.7 Å². The second kappa shape index (κ2) is 11.4. The molecule has 4 aliphatic rings. The molecule has 3 fully saturated rings. The number of carbonyl (C=O) groups is 5. The molecule has 0 aromatic heterocycles. The van der Waals surface area contributed by atoms with Crippen LogP contribution in [0.25, 0.3) is 0 Å². The lowest BCUT2D eigenvalue weighted by molar-refractivity contribution is -0.219. The lowest BCUT2D eigenvalue weighted by Crippen LogP contribution is -2.66. The minimum absolute atomic E-state index is 0.0706. The van der Waals surface area contributed by atoms with Gasteiger partial charge >= 0.3 is 17.9 Å². The third-order valence-corrected chi connectivity index (χ3v) is 10.3. The van der Waals surface area contributed by atoms with Gasteiger partial charge in [-0.1, -0.05) is 67.0 Å². The Morgan fingerprint density at radius 1 is 0.976 bits per heavy atom. The van der Waals surface area contributed by atoms with E-state index in [1.807, 2.05) is 19.9 Å². The first-order valence-electron chi connectivity index (χ1n) is 15.2. The van der Waals surface area contributed by atoms with Crippen LogP contribution in [0.4, 0.5) is 0 Å². The van der Waals surface area contributed by atoms with Crippen molar-refractivity contribution in [2.24, 2.45) is 46.3 Å². The van der Waals surface area contributed by atoms with E-state index in [0.29, 0.717) is 12.8 Å². The molecule has 3 saturated carbocycles. The maximum atomic E-state index is 14.4. The monoisotopic (exact) mass is 586 g/mol. The normalized spacial score (nSPS) is 37.1. The lowest BCUT2D eigenvalue weighted by atomic mass is 9.46. The molecule has 4 aliphatic carbocycles. The van der Waals surface area contributed by atoms with Gasteiger partial charge in [0.05, 0.1) is 23.9 Å². The molecule has 0 saturated heterocycles. The predicted octanol–water partition coefficient (Wildman–Crippen LogP) is 4.15. The summed E-state index contributed by atoms with van der Waals surface area (Å²) in [5.74, 6) is -4.71. The number of allylic oxidation sites excluding steroid dienone is 4. The second-order valence-corrected chi connectivity index (χ2v) is 14.0. The first kappa shape index (κ1) is 32.1. The van der Waals surface area contributed by atoms with Gasteiger partial charge in [-0.2, -0.15) is 0 Å². The van der Waals surface area contributed by atoms with Crippen LogP contribution in [0.5, 0.6) is 0 Å². The highest BCUT2D eigenvalue weighted by atomic mass is 16.6. The van der Waals surface area contributed by atoms with E-state index in [1.54, 1.807) is 53.7 Å². The van der Waals surface area contributed by atoms with E-state index in [-0.39, 0.29) is 36.4 Å². The van der Waals surface area contributed by atoms with Gasteiger partial charge in [-0.3, -0.25) is 24.0 Å². The molecule has 42 heavy (non-hydrogen) atoms. The number of fused-ring (bicyclic) bond motifs is 5. The zero-order valence-electron chi connectivity index (χ0n) is 26.1. The maximum Gasteiger partial charge on any atom is 0.309 e. The summed E-state index contributed by atoms with van der Waals surface area (Å²) in [5.41, 5.74) is -2.68. The fourth-order valence-corrected chi connectivity index (χ4v) is 8.13. The summed E-state index contributed by atoms with van der Waals surface area (Å²) in [5, 5.41) is 11.9. The number of aliphatic hydroxyl groups excluding tert-OH is 1. The van der Waals surface area contributed by atoms with Crippen LogP contribution in [-0.2, 0) is 38.2 Å². The topological polar surface area (TPSA) is 133 Å². The zero-order chi connectivity index (χ0) is 31.4. The Morgan fingerprint density at radius 2 is 1.60 bits per heavy atom. The highest BCUT2D eigenvalue weighted by molar-refractivity contribution is 6.01. The SMILES string of the molecule is CC(C)C(=O)OCC(=O)[C@@]1(OC(=O)C(C)C)[C@H](OC(=O)C(C)C)C[C@H]2[C@@H]3CCC4=CC(=O)C=C[C@]4(C)[C@H]3[C@@H](O)C[C@@]21C. The molecule has 8 atom stereocenters. The number of esters is 3. The van der Waals surface area contributed by atoms with Crippen LogP contribution in [-0.4, -0.2) is 59.0 Å². The van der Waals surface area contributed by atoms with Crippen molar-refractivity contribution >= 4 is 29.5 Å². The number of ketones is 2. The van der Waals surface area contributed by atoms with Crippen LogP contribution < -0.4 is 0 Å². The van der Waals surface area contributed by atoms with E-state index < -0.39 is 76.7 Å². The fraction of sp³-hybridized carbons (Fsp3) is 0.727. The zero-order valence-corrected chi connectivity index (χ0v) is 26.1. The van der Waals surface area contributed by atoms with Crippen molar-refractivity contribution in [3.05, 3.63) is 23.8 Å². The average molecular weight is 587 g/mol. The largest absolute Gasteiger partial charge is 0.457 e. The molecule has 0 amide bonds. The maximum absolute atomic E-state index is 14.4. The molecule has 9 heteroatoms. The third kappa shape index (κ3) is 5.05. The first-order chi connectivity index (χ1) is 19.5. The first-order valence-corrected chi connectivity index (χ1v) is 15.2. The Morgan fingerprint density at radius 3 is 2.19 bits per heavy atom. The minimum Gasteiger partial charge on any atom is -0.457 e. The van der Waals surface area contributed by atoms with Gasteiger partial charge in [-0.25, -0.2) is 0 Å². The molecule has 0 radical (unpaired) electrons. The number of hydrogen-bond donors (Lipinski definition) is 1. The van der Waals surface area contributed by atoms with Gasteiger partial charge in [0.25, 0.3) is 0 Å². The smallest absolute Gasteiger partial charge is 0.309 e. The molecule has 0 bridgehead atoms. The summed E-state index contributed by atoms with van der Waals surface area (Å²) in [6.45, 7) is 13.2. The highest BCUT2D eigenvalue weighted by Crippen LogP contribution is 2.68. The Hall–Kier alpha value is -2.81. The van der Waals surface area contributed by atoms with Gasteiger partial charge in [0.2, 0.25) is 11.4 Å².